The molecule has 3 N–H and O–H groups in total. The van der Waals surface area contributed by atoms with E-state index in [2.05, 4.69) is 20.2 Å². The highest BCUT2D eigenvalue weighted by atomic mass is 16.5. The molecule has 10 heteroatoms. The molecule has 0 saturated carbocycles. The van der Waals surface area contributed by atoms with E-state index in [1.54, 1.807) is 56.7 Å². The normalized spacial score (nSPS) is 10.8. The Bertz CT molecular complexity index is 1300. The van der Waals surface area contributed by atoms with E-state index in [1.165, 1.54) is 4.90 Å². The van der Waals surface area contributed by atoms with Crippen molar-refractivity contribution in [1.29, 1.82) is 0 Å². The van der Waals surface area contributed by atoms with Crippen molar-refractivity contribution >= 4 is 11.7 Å². The number of benzene rings is 2. The Morgan fingerprint density at radius 2 is 1.85 bits per heavy atom. The van der Waals surface area contributed by atoms with Gasteiger partial charge < -0.3 is 24.9 Å². The fourth-order valence-corrected chi connectivity index (χ4v) is 3.18. The standard InChI is InChI=1S/C24H24N6O4.2H2/c1-30(2)24(32)16-10-8-15(9-11-16)18-14-26-21(25)20(27-18)23-29-28-22(34-23)17-6-3-4-7-19(17)33-13-5-12-31;;/h3-4,6-11,14,31H,5,12-13H2,1-2H3,(H2,25,26);2*1H. The molecule has 2 aromatic heterocycles. The number of rotatable bonds is 8. The van der Waals surface area contributed by atoms with Gasteiger partial charge in [0, 0.05) is 41.1 Å². The number of hydrogen-bond acceptors (Lipinski definition) is 9. The van der Waals surface area contributed by atoms with Crippen LogP contribution in [0.2, 0.25) is 0 Å². The van der Waals surface area contributed by atoms with Crippen molar-refractivity contribution in [2.24, 2.45) is 0 Å². The Morgan fingerprint density at radius 3 is 2.59 bits per heavy atom. The van der Waals surface area contributed by atoms with Crippen LogP contribution in [0.1, 0.15) is 19.6 Å². The second-order valence-electron chi connectivity index (χ2n) is 7.60. The number of amides is 1. The molecule has 1 amide bonds. The molecule has 0 radical (unpaired) electrons. The summed E-state index contributed by atoms with van der Waals surface area (Å²) in [7, 11) is 3.40. The smallest absolute Gasteiger partial charge is 0.270 e. The van der Waals surface area contributed by atoms with Crippen molar-refractivity contribution < 1.29 is 21.9 Å². The number of anilines is 1. The molecule has 4 rings (SSSR count). The molecular formula is C24H28N6O4. The van der Waals surface area contributed by atoms with Crippen LogP contribution in [-0.2, 0) is 0 Å². The molecule has 0 spiro atoms. The van der Waals surface area contributed by atoms with Crippen LogP contribution < -0.4 is 10.5 Å². The second kappa shape index (κ2) is 10.1. The minimum absolute atomic E-state index is 0. The first-order valence-electron chi connectivity index (χ1n) is 10.6. The topological polar surface area (TPSA) is 140 Å². The van der Waals surface area contributed by atoms with Crippen LogP contribution in [-0.4, -0.2) is 63.4 Å². The van der Waals surface area contributed by atoms with Gasteiger partial charge in [-0.3, -0.25) is 4.79 Å². The molecule has 4 aromatic rings. The van der Waals surface area contributed by atoms with E-state index in [0.717, 1.165) is 5.56 Å². The maximum atomic E-state index is 12.1. The highest BCUT2D eigenvalue weighted by molar-refractivity contribution is 5.94. The summed E-state index contributed by atoms with van der Waals surface area (Å²) in [4.78, 5) is 22.4. The molecule has 2 heterocycles. The number of para-hydroxylation sites is 1. The largest absolute Gasteiger partial charge is 0.493 e. The van der Waals surface area contributed by atoms with E-state index >= 15 is 0 Å². The molecular weight excluding hydrogens is 436 g/mol. The van der Waals surface area contributed by atoms with E-state index in [4.69, 9.17) is 20.0 Å². The maximum Gasteiger partial charge on any atom is 0.270 e. The zero-order valence-corrected chi connectivity index (χ0v) is 18.8. The zero-order valence-electron chi connectivity index (χ0n) is 18.8. The quantitative estimate of drug-likeness (QED) is 0.375. The lowest BCUT2D eigenvalue weighted by atomic mass is 10.1. The predicted octanol–water partition coefficient (Wildman–Crippen LogP) is 3.40. The molecule has 0 aliphatic carbocycles. The number of aromatic nitrogens is 4. The van der Waals surface area contributed by atoms with Gasteiger partial charge in [0.1, 0.15) is 5.75 Å². The molecule has 0 saturated heterocycles. The molecule has 2 aromatic carbocycles. The molecule has 0 unspecified atom stereocenters. The molecule has 0 fully saturated rings. The number of carbonyl (C=O) groups excluding carboxylic acids is 1. The monoisotopic (exact) mass is 464 g/mol. The van der Waals surface area contributed by atoms with Crippen molar-refractivity contribution in [2.75, 3.05) is 33.0 Å². The Hall–Kier alpha value is -4.31. The Morgan fingerprint density at radius 1 is 1.12 bits per heavy atom. The van der Waals surface area contributed by atoms with E-state index in [0.29, 0.717) is 35.6 Å². The van der Waals surface area contributed by atoms with Crippen LogP contribution in [0.5, 0.6) is 5.75 Å². The number of carbonyl (C=O) groups is 1. The van der Waals surface area contributed by atoms with E-state index in [9.17, 15) is 4.79 Å². The van der Waals surface area contributed by atoms with Gasteiger partial charge in [-0.25, -0.2) is 9.97 Å². The minimum Gasteiger partial charge on any atom is -0.493 e. The van der Waals surface area contributed by atoms with Crippen LogP contribution in [0.25, 0.3) is 34.3 Å². The first-order valence-corrected chi connectivity index (χ1v) is 10.6. The average molecular weight is 465 g/mol. The first-order chi connectivity index (χ1) is 16.5. The summed E-state index contributed by atoms with van der Waals surface area (Å²) in [6.45, 7) is 0.393. The number of aliphatic hydroxyl groups is 1. The molecule has 34 heavy (non-hydrogen) atoms. The van der Waals surface area contributed by atoms with Gasteiger partial charge in [-0.05, 0) is 24.3 Å². The summed E-state index contributed by atoms with van der Waals surface area (Å²) >= 11 is 0. The maximum absolute atomic E-state index is 12.1. The number of nitrogens with zero attached hydrogens (tertiary/aromatic N) is 5. The molecule has 0 aliphatic rings. The number of ether oxygens (including phenoxy) is 1. The zero-order chi connectivity index (χ0) is 24.1. The lowest BCUT2D eigenvalue weighted by Crippen LogP contribution is -2.21. The number of aliphatic hydroxyl groups excluding tert-OH is 1. The summed E-state index contributed by atoms with van der Waals surface area (Å²) in [5.74, 6) is 0.978. The van der Waals surface area contributed by atoms with Gasteiger partial charge in [-0.2, -0.15) is 0 Å². The minimum atomic E-state index is -0.0883. The lowest BCUT2D eigenvalue weighted by molar-refractivity contribution is 0.0827. The SMILES string of the molecule is CN(C)C(=O)c1ccc(-c2cnc(N)c(-c3nnc(-c4ccccc4OCCCO)o3)n2)cc1.[HH].[HH]. The highest BCUT2D eigenvalue weighted by Gasteiger charge is 2.19. The van der Waals surface area contributed by atoms with Gasteiger partial charge in [-0.1, -0.05) is 24.3 Å². The van der Waals surface area contributed by atoms with Crippen molar-refractivity contribution in [3.63, 3.8) is 0 Å². The van der Waals surface area contributed by atoms with Crippen molar-refractivity contribution in [2.45, 2.75) is 6.42 Å². The predicted molar refractivity (Wildman–Crippen MR) is 130 cm³/mol. The molecule has 0 atom stereocenters. The number of nitrogens with two attached hydrogens (primary N) is 1. The lowest BCUT2D eigenvalue weighted by Gasteiger charge is -2.10. The van der Waals surface area contributed by atoms with Gasteiger partial charge in [0.2, 0.25) is 0 Å². The van der Waals surface area contributed by atoms with Crippen LogP contribution in [0, 0.1) is 0 Å². The van der Waals surface area contributed by atoms with E-state index in [1.807, 2.05) is 12.1 Å². The van der Waals surface area contributed by atoms with Gasteiger partial charge >= 0.3 is 0 Å². The third-order valence-corrected chi connectivity index (χ3v) is 4.94. The third-order valence-electron chi connectivity index (χ3n) is 4.94. The number of nitrogen functional groups attached to an aromatic ring is 1. The summed E-state index contributed by atoms with van der Waals surface area (Å²) in [5.41, 5.74) is 8.79. The fraction of sp³-hybridized carbons (Fsp3) is 0.208. The second-order valence-corrected chi connectivity index (χ2v) is 7.60. The Kier molecular flexibility index (Phi) is 6.79. The fourth-order valence-electron chi connectivity index (χ4n) is 3.18. The molecule has 0 aliphatic heterocycles. The van der Waals surface area contributed by atoms with Crippen LogP contribution in [0.4, 0.5) is 5.82 Å². The van der Waals surface area contributed by atoms with Crippen LogP contribution in [0.3, 0.4) is 0 Å². The summed E-state index contributed by atoms with van der Waals surface area (Å²) in [5, 5.41) is 17.2. The summed E-state index contributed by atoms with van der Waals surface area (Å²) in [6, 6.07) is 14.3. The molecule has 178 valence electrons. The first kappa shape index (κ1) is 22.9. The van der Waals surface area contributed by atoms with Crippen molar-refractivity contribution in [3.05, 3.63) is 60.3 Å². The number of hydrogen-bond donors (Lipinski definition) is 2. The van der Waals surface area contributed by atoms with Crippen molar-refractivity contribution in [3.8, 4) is 40.0 Å². The summed E-state index contributed by atoms with van der Waals surface area (Å²) < 4.78 is 11.6. The van der Waals surface area contributed by atoms with Gasteiger partial charge in [-0.15, -0.1) is 10.2 Å². The van der Waals surface area contributed by atoms with E-state index in [-0.39, 0.29) is 38.7 Å². The molecule has 0 bridgehead atoms. The summed E-state index contributed by atoms with van der Waals surface area (Å²) in [6.07, 6.45) is 2.05. The average Bonchev–Trinajstić information content (AvgIpc) is 3.34. The van der Waals surface area contributed by atoms with Crippen LogP contribution >= 0.6 is 0 Å². The van der Waals surface area contributed by atoms with Gasteiger partial charge in [0.05, 0.1) is 24.1 Å². The Balaban J connectivity index is 0.00000228. The third kappa shape index (κ3) is 4.86. The Labute approximate surface area is 199 Å². The van der Waals surface area contributed by atoms with Crippen LogP contribution in [0.15, 0.2) is 59.1 Å². The highest BCUT2D eigenvalue weighted by Crippen LogP contribution is 2.32. The van der Waals surface area contributed by atoms with E-state index < -0.39 is 0 Å². The van der Waals surface area contributed by atoms with Gasteiger partial charge in [0.25, 0.3) is 17.7 Å². The molecule has 10 nitrogen and oxygen atoms in total. The van der Waals surface area contributed by atoms with Gasteiger partial charge in [0.15, 0.2) is 11.5 Å². The van der Waals surface area contributed by atoms with Crippen molar-refractivity contribution in [1.82, 2.24) is 25.1 Å².